The Kier molecular flexibility index (Phi) is 3.98. The molecule has 0 fully saturated rings. The van der Waals surface area contributed by atoms with Crippen molar-refractivity contribution in [3.8, 4) is 0 Å². The Morgan fingerprint density at radius 3 is 2.77 bits per heavy atom. The van der Waals surface area contributed by atoms with Gasteiger partial charge in [-0.3, -0.25) is 4.79 Å². The first-order valence-electron chi connectivity index (χ1n) is 7.20. The standard InChI is InChI=1S/C17H17NO3S/c1-11-9-13-5-3-4-6-14(13)18(11)16(19)10-21-17(20)15-8-7-12(2)22-15/h3-8,11H,9-10H2,1-2H3. The number of amides is 1. The van der Waals surface area contributed by atoms with Crippen molar-refractivity contribution in [3.63, 3.8) is 0 Å². The van der Waals surface area contributed by atoms with Crippen LogP contribution in [0.15, 0.2) is 36.4 Å². The molecule has 0 N–H and O–H groups in total. The van der Waals surface area contributed by atoms with Crippen LogP contribution in [0.5, 0.6) is 0 Å². The molecule has 114 valence electrons. The van der Waals surface area contributed by atoms with Crippen LogP contribution in [0.2, 0.25) is 0 Å². The third-order valence-corrected chi connectivity index (χ3v) is 4.72. The molecule has 0 aliphatic carbocycles. The molecule has 2 heterocycles. The van der Waals surface area contributed by atoms with Gasteiger partial charge in [-0.15, -0.1) is 11.3 Å². The number of anilines is 1. The highest BCUT2D eigenvalue weighted by atomic mass is 32.1. The summed E-state index contributed by atoms with van der Waals surface area (Å²) in [6.45, 7) is 3.70. The number of thiophene rings is 1. The fourth-order valence-electron chi connectivity index (χ4n) is 2.76. The zero-order valence-electron chi connectivity index (χ0n) is 12.5. The van der Waals surface area contributed by atoms with Crippen LogP contribution in [0.25, 0.3) is 0 Å². The van der Waals surface area contributed by atoms with E-state index in [4.69, 9.17) is 4.74 Å². The van der Waals surface area contributed by atoms with E-state index in [0.717, 1.165) is 22.5 Å². The molecule has 0 bridgehead atoms. The molecule has 3 rings (SSSR count). The van der Waals surface area contributed by atoms with Crippen molar-refractivity contribution in [3.05, 3.63) is 51.7 Å². The second-order valence-electron chi connectivity index (χ2n) is 5.43. The molecule has 0 saturated carbocycles. The van der Waals surface area contributed by atoms with Crippen LogP contribution in [0, 0.1) is 6.92 Å². The largest absolute Gasteiger partial charge is 0.451 e. The van der Waals surface area contributed by atoms with Crippen LogP contribution in [0.3, 0.4) is 0 Å². The van der Waals surface area contributed by atoms with Gasteiger partial charge in [0.1, 0.15) is 4.88 Å². The molecule has 1 aliphatic rings. The lowest BCUT2D eigenvalue weighted by atomic mass is 10.1. The molecule has 5 heteroatoms. The van der Waals surface area contributed by atoms with E-state index in [1.807, 2.05) is 44.2 Å². The molecule has 1 amide bonds. The minimum Gasteiger partial charge on any atom is -0.451 e. The minimum absolute atomic E-state index is 0.0904. The number of ether oxygens (including phenoxy) is 1. The quantitative estimate of drug-likeness (QED) is 0.817. The number of carbonyl (C=O) groups is 2. The van der Waals surface area contributed by atoms with Crippen LogP contribution >= 0.6 is 11.3 Å². The third-order valence-electron chi connectivity index (χ3n) is 3.74. The van der Waals surface area contributed by atoms with Crippen LogP contribution in [0.4, 0.5) is 5.69 Å². The van der Waals surface area contributed by atoms with Gasteiger partial charge in [-0.2, -0.15) is 0 Å². The van der Waals surface area contributed by atoms with Gasteiger partial charge in [-0.1, -0.05) is 18.2 Å². The molecule has 0 saturated heterocycles. The summed E-state index contributed by atoms with van der Waals surface area (Å²) in [4.78, 5) is 27.6. The van der Waals surface area contributed by atoms with Crippen molar-refractivity contribution in [2.24, 2.45) is 0 Å². The van der Waals surface area contributed by atoms with Crippen LogP contribution < -0.4 is 4.90 Å². The van der Waals surface area contributed by atoms with E-state index in [-0.39, 0.29) is 18.6 Å². The van der Waals surface area contributed by atoms with Crippen molar-refractivity contribution < 1.29 is 14.3 Å². The molecule has 0 radical (unpaired) electrons. The van der Waals surface area contributed by atoms with Crippen molar-refractivity contribution in [1.29, 1.82) is 0 Å². The summed E-state index contributed by atoms with van der Waals surface area (Å²) in [6, 6.07) is 11.5. The van der Waals surface area contributed by atoms with E-state index in [0.29, 0.717) is 4.88 Å². The summed E-state index contributed by atoms with van der Waals surface area (Å²) in [5.41, 5.74) is 2.08. The maximum absolute atomic E-state index is 12.4. The summed E-state index contributed by atoms with van der Waals surface area (Å²) < 4.78 is 5.16. The number of nitrogens with zero attached hydrogens (tertiary/aromatic N) is 1. The molecule has 4 nitrogen and oxygen atoms in total. The van der Waals surface area contributed by atoms with Crippen molar-refractivity contribution in [2.75, 3.05) is 11.5 Å². The van der Waals surface area contributed by atoms with Gasteiger partial charge < -0.3 is 9.64 Å². The highest BCUT2D eigenvalue weighted by Gasteiger charge is 2.31. The Bertz CT molecular complexity index is 722. The molecule has 1 unspecified atom stereocenters. The monoisotopic (exact) mass is 315 g/mol. The van der Waals surface area contributed by atoms with Crippen LogP contribution in [0.1, 0.15) is 27.0 Å². The molecule has 1 atom stereocenters. The lowest BCUT2D eigenvalue weighted by Crippen LogP contribution is -2.38. The summed E-state index contributed by atoms with van der Waals surface area (Å²) in [6.07, 6.45) is 0.833. The number of rotatable bonds is 3. The maximum atomic E-state index is 12.4. The molecule has 1 aromatic carbocycles. The first-order valence-corrected chi connectivity index (χ1v) is 8.01. The first kappa shape index (κ1) is 14.8. The Morgan fingerprint density at radius 1 is 1.27 bits per heavy atom. The van der Waals surface area contributed by atoms with Gasteiger partial charge >= 0.3 is 5.97 Å². The minimum atomic E-state index is -0.438. The normalized spacial score (nSPS) is 16.5. The second kappa shape index (κ2) is 5.93. The summed E-state index contributed by atoms with van der Waals surface area (Å²) in [7, 11) is 0. The molecule has 22 heavy (non-hydrogen) atoms. The molecule has 0 spiro atoms. The van der Waals surface area contributed by atoms with Gasteiger partial charge in [0.2, 0.25) is 0 Å². The zero-order chi connectivity index (χ0) is 15.7. The SMILES string of the molecule is Cc1ccc(C(=O)OCC(=O)N2c3ccccc3CC2C)s1. The number of aryl methyl sites for hydroxylation is 1. The number of carbonyl (C=O) groups excluding carboxylic acids is 2. The fourth-order valence-corrected chi connectivity index (χ4v) is 3.52. The van der Waals surface area contributed by atoms with Crippen molar-refractivity contribution >= 4 is 28.9 Å². The van der Waals surface area contributed by atoms with Crippen LogP contribution in [-0.2, 0) is 16.0 Å². The lowest BCUT2D eigenvalue weighted by Gasteiger charge is -2.22. The third kappa shape index (κ3) is 2.76. The summed E-state index contributed by atoms with van der Waals surface area (Å²) in [5, 5.41) is 0. The highest BCUT2D eigenvalue weighted by molar-refractivity contribution is 7.13. The average molecular weight is 315 g/mol. The molecule has 1 aromatic heterocycles. The predicted molar refractivity (Wildman–Crippen MR) is 86.4 cm³/mol. The smallest absolute Gasteiger partial charge is 0.348 e. The van der Waals surface area contributed by atoms with E-state index in [1.54, 1.807) is 11.0 Å². The van der Waals surface area contributed by atoms with Gasteiger partial charge in [0.25, 0.3) is 5.91 Å². The molecule has 1 aliphatic heterocycles. The molecular formula is C17H17NO3S. The number of para-hydroxylation sites is 1. The Morgan fingerprint density at radius 2 is 2.05 bits per heavy atom. The maximum Gasteiger partial charge on any atom is 0.348 e. The lowest BCUT2D eigenvalue weighted by molar-refractivity contribution is -0.122. The van der Waals surface area contributed by atoms with Crippen molar-refractivity contribution in [1.82, 2.24) is 0 Å². The number of fused-ring (bicyclic) bond motifs is 1. The van der Waals surface area contributed by atoms with E-state index < -0.39 is 5.97 Å². The molecule has 2 aromatic rings. The van der Waals surface area contributed by atoms with Gasteiger partial charge in [-0.05, 0) is 44.0 Å². The first-order chi connectivity index (χ1) is 10.6. The Balaban J connectivity index is 1.66. The van der Waals surface area contributed by atoms with Gasteiger partial charge in [0, 0.05) is 16.6 Å². The number of esters is 1. The zero-order valence-corrected chi connectivity index (χ0v) is 13.4. The fraction of sp³-hybridized carbons (Fsp3) is 0.294. The van der Waals surface area contributed by atoms with Gasteiger partial charge in [0.05, 0.1) is 0 Å². The summed E-state index contributed by atoms with van der Waals surface area (Å²) in [5.74, 6) is -0.620. The van der Waals surface area contributed by atoms with E-state index in [9.17, 15) is 9.59 Å². The topological polar surface area (TPSA) is 46.6 Å². The summed E-state index contributed by atoms with van der Waals surface area (Å²) >= 11 is 1.37. The average Bonchev–Trinajstić information content (AvgIpc) is 3.07. The second-order valence-corrected chi connectivity index (χ2v) is 6.72. The molecular weight excluding hydrogens is 298 g/mol. The predicted octanol–water partition coefficient (Wildman–Crippen LogP) is 3.19. The number of hydrogen-bond acceptors (Lipinski definition) is 4. The van der Waals surface area contributed by atoms with Gasteiger partial charge in [-0.25, -0.2) is 4.79 Å². The van der Waals surface area contributed by atoms with E-state index in [2.05, 4.69) is 0 Å². The van der Waals surface area contributed by atoms with E-state index in [1.165, 1.54) is 11.3 Å². The number of hydrogen-bond donors (Lipinski definition) is 0. The van der Waals surface area contributed by atoms with Crippen LogP contribution in [-0.4, -0.2) is 24.5 Å². The number of benzene rings is 1. The Labute approximate surface area is 133 Å². The van der Waals surface area contributed by atoms with Gasteiger partial charge in [0.15, 0.2) is 6.61 Å². The highest BCUT2D eigenvalue weighted by Crippen LogP contribution is 2.31. The van der Waals surface area contributed by atoms with E-state index >= 15 is 0 Å². The Hall–Kier alpha value is -2.14. The van der Waals surface area contributed by atoms with Crippen molar-refractivity contribution in [2.45, 2.75) is 26.3 Å².